The number of rotatable bonds is 1. The van der Waals surface area contributed by atoms with E-state index in [9.17, 15) is 4.79 Å². The summed E-state index contributed by atoms with van der Waals surface area (Å²) in [5.74, 6) is -3.33. The molecule has 0 bridgehead atoms. The summed E-state index contributed by atoms with van der Waals surface area (Å²) in [5, 5.41) is 35.0. The number of carboxylic acids is 1. The van der Waals surface area contributed by atoms with Crippen LogP contribution in [-0.4, -0.2) is 66.8 Å². The summed E-state index contributed by atoms with van der Waals surface area (Å²) in [5.41, 5.74) is -0.289. The van der Waals surface area contributed by atoms with Gasteiger partial charge < -0.3 is 23.3 Å². The Morgan fingerprint density at radius 3 is 1.73 bits per heavy atom. The van der Waals surface area contributed by atoms with Crippen LogP contribution in [0.5, 0.6) is 17.2 Å². The van der Waals surface area contributed by atoms with Crippen LogP contribution in [0.25, 0.3) is 0 Å². The van der Waals surface area contributed by atoms with E-state index in [4.69, 9.17) is 20.4 Å². The number of phenols is 3. The third kappa shape index (κ3) is 5.45. The molecule has 4 N–H and O–H groups in total. The van der Waals surface area contributed by atoms with Gasteiger partial charge >= 0.3 is 29.0 Å². The van der Waals surface area contributed by atoms with Crippen LogP contribution in [0.1, 0.15) is 13.2 Å². The van der Waals surface area contributed by atoms with Gasteiger partial charge in [0.2, 0.25) is 0 Å². The molecule has 0 saturated heterocycles. The van der Waals surface area contributed by atoms with E-state index in [0.29, 0.717) is 0 Å². The molecule has 15 heavy (non-hydrogen) atoms. The van der Waals surface area contributed by atoms with E-state index in [-0.39, 0.29) is 84.4 Å². The van der Waals surface area contributed by atoms with Gasteiger partial charge in [-0.25, -0.2) is 4.79 Å². The zero-order chi connectivity index (χ0) is 9.30. The molecular weight excluding hydrogens is 354 g/mol. The van der Waals surface area contributed by atoms with Crippen LogP contribution in [0.15, 0.2) is 12.1 Å². The zero-order valence-corrected chi connectivity index (χ0v) is 12.2. The fourth-order valence-electron chi connectivity index (χ4n) is 0.728. The average Bonchev–Trinajstić information content (AvgIpc) is 1.99. The summed E-state index contributed by atoms with van der Waals surface area (Å²) in [7, 11) is 0. The average molecular weight is 365 g/mol. The van der Waals surface area contributed by atoms with E-state index in [2.05, 4.69) is 0 Å². The smallest absolute Gasteiger partial charge is 1.00 e. The van der Waals surface area contributed by atoms with Gasteiger partial charge in [-0.2, -0.15) is 0 Å². The number of benzene rings is 1. The van der Waals surface area contributed by atoms with E-state index in [1.165, 1.54) is 0 Å². The number of carboxylic acid groups (broad SMARTS) is 1. The molecule has 0 heterocycles. The van der Waals surface area contributed by atoms with Gasteiger partial charge in [0.05, 0.1) is 5.56 Å². The first-order valence-electron chi connectivity index (χ1n) is 3.00. The van der Waals surface area contributed by atoms with Crippen molar-refractivity contribution in [3.8, 4) is 17.2 Å². The molecule has 77 valence electrons. The van der Waals surface area contributed by atoms with Crippen molar-refractivity contribution in [2.75, 3.05) is 0 Å². The van der Waals surface area contributed by atoms with Crippen LogP contribution >= 0.6 is 0 Å². The van der Waals surface area contributed by atoms with Gasteiger partial charge in [0, 0.05) is 35.6 Å². The summed E-state index contributed by atoms with van der Waals surface area (Å²) in [4.78, 5) is 10.3. The molecule has 0 spiro atoms. The van der Waals surface area contributed by atoms with Gasteiger partial charge in [-0.05, 0) is 12.1 Å². The molecule has 1 aromatic carbocycles. The second-order valence-electron chi connectivity index (χ2n) is 2.17. The SMILES string of the molecule is O=C(O)c1cc(O)c(O)c(O)c1.[AlH3].[H-].[H-].[La].[Mg+2]. The van der Waals surface area contributed by atoms with E-state index in [1.54, 1.807) is 0 Å². The Bertz CT molecular complexity index is 332. The second-order valence-corrected chi connectivity index (χ2v) is 2.17. The minimum atomic E-state index is -1.29. The molecule has 0 amide bonds. The molecule has 8 heteroatoms. The van der Waals surface area contributed by atoms with Crippen LogP contribution < -0.4 is 0 Å². The van der Waals surface area contributed by atoms with Crippen molar-refractivity contribution in [1.29, 1.82) is 0 Å². The maximum absolute atomic E-state index is 10.3. The van der Waals surface area contributed by atoms with Gasteiger partial charge in [-0.1, -0.05) is 0 Å². The summed E-state index contributed by atoms with van der Waals surface area (Å²) >= 11 is 0. The Hall–Kier alpha value is 0.584. The van der Waals surface area contributed by atoms with Crippen molar-refractivity contribution in [3.05, 3.63) is 17.7 Å². The summed E-state index contributed by atoms with van der Waals surface area (Å²) in [6.07, 6.45) is 0. The predicted octanol–water partition coefficient (Wildman–Crippen LogP) is -0.838. The maximum Gasteiger partial charge on any atom is 2.00 e. The van der Waals surface area contributed by atoms with Gasteiger partial charge in [0.15, 0.2) is 34.6 Å². The van der Waals surface area contributed by atoms with Gasteiger partial charge in [-0.3, -0.25) is 0 Å². The minimum absolute atomic E-state index is 0. The Labute approximate surface area is 143 Å². The molecule has 0 aromatic heterocycles. The van der Waals surface area contributed by atoms with Gasteiger partial charge in [0.1, 0.15) is 0 Å². The molecule has 1 aromatic rings. The van der Waals surface area contributed by atoms with Gasteiger partial charge in [0.25, 0.3) is 0 Å². The van der Waals surface area contributed by atoms with E-state index in [1.807, 2.05) is 0 Å². The normalized spacial score (nSPS) is 7.73. The Morgan fingerprint density at radius 1 is 1.13 bits per heavy atom. The Morgan fingerprint density at radius 2 is 1.47 bits per heavy atom. The molecule has 0 aliphatic carbocycles. The molecule has 0 atom stereocenters. The number of aromatic carboxylic acids is 1. The number of phenolic OH excluding ortho intramolecular Hbond substituents is 3. The van der Waals surface area contributed by atoms with Crippen molar-refractivity contribution in [1.82, 2.24) is 0 Å². The summed E-state index contributed by atoms with van der Waals surface area (Å²) < 4.78 is 0. The van der Waals surface area contributed by atoms with Crippen LogP contribution in [0.4, 0.5) is 0 Å². The first kappa shape index (κ1) is 20.9. The summed E-state index contributed by atoms with van der Waals surface area (Å²) in [6, 6.07) is 1.69. The zero-order valence-electron chi connectivity index (χ0n) is 9.14. The molecule has 1 rings (SSSR count). The standard InChI is InChI=1S/C7H6O5.Al.La.Mg.5H/c8-4-1-3(7(11)12)2-5(9)6(4)10;;;;;;;;/h1-2,8-10H,(H,11,12);;;;;;;;/q;;;+2;;;;2*-1. The molecule has 0 fully saturated rings. The molecular formula is C7H11AlLaMgO5. The first-order chi connectivity index (χ1) is 5.52. The topological polar surface area (TPSA) is 98.0 Å². The maximum atomic E-state index is 10.3. The van der Waals surface area contributed by atoms with E-state index < -0.39 is 23.2 Å². The quantitative estimate of drug-likeness (QED) is 0.384. The molecule has 0 aliphatic rings. The number of hydrogen-bond acceptors (Lipinski definition) is 4. The number of aromatic hydroxyl groups is 3. The summed E-state index contributed by atoms with van der Waals surface area (Å²) in [6.45, 7) is 0. The van der Waals surface area contributed by atoms with Crippen molar-refractivity contribution >= 4 is 46.4 Å². The van der Waals surface area contributed by atoms with Crippen LogP contribution in [0.2, 0.25) is 0 Å². The predicted molar refractivity (Wildman–Crippen MR) is 56.3 cm³/mol. The Balaban J connectivity index is -0.0000000960. The van der Waals surface area contributed by atoms with Gasteiger partial charge in [-0.15, -0.1) is 0 Å². The molecule has 1 radical (unpaired) electrons. The monoisotopic (exact) mass is 365 g/mol. The van der Waals surface area contributed by atoms with E-state index >= 15 is 0 Å². The third-order valence-electron chi connectivity index (χ3n) is 1.32. The fourth-order valence-corrected chi connectivity index (χ4v) is 0.728. The Kier molecular flexibility index (Phi) is 12.1. The fraction of sp³-hybridized carbons (Fsp3) is 0. The van der Waals surface area contributed by atoms with Crippen LogP contribution in [0, 0.1) is 35.6 Å². The van der Waals surface area contributed by atoms with Crippen molar-refractivity contribution in [2.24, 2.45) is 0 Å². The molecule has 5 nitrogen and oxygen atoms in total. The second kappa shape index (κ2) is 8.70. The van der Waals surface area contributed by atoms with Crippen molar-refractivity contribution in [2.45, 2.75) is 0 Å². The van der Waals surface area contributed by atoms with Crippen LogP contribution in [0.3, 0.4) is 0 Å². The third-order valence-corrected chi connectivity index (χ3v) is 1.32. The number of carbonyl (C=O) groups is 1. The largest absolute Gasteiger partial charge is 2.00 e. The van der Waals surface area contributed by atoms with Crippen LogP contribution in [-0.2, 0) is 0 Å². The van der Waals surface area contributed by atoms with Crippen molar-refractivity contribution in [3.63, 3.8) is 0 Å². The number of hydrogen-bond donors (Lipinski definition) is 4. The minimum Gasteiger partial charge on any atom is -1.00 e. The molecule has 0 aliphatic heterocycles. The molecule has 0 unspecified atom stereocenters. The van der Waals surface area contributed by atoms with E-state index in [0.717, 1.165) is 12.1 Å². The van der Waals surface area contributed by atoms with Crippen molar-refractivity contribution < 1.29 is 63.7 Å². The molecule has 0 saturated carbocycles. The first-order valence-corrected chi connectivity index (χ1v) is 3.00.